The van der Waals surface area contributed by atoms with E-state index in [1.165, 1.54) is 0 Å². The van der Waals surface area contributed by atoms with Gasteiger partial charge < -0.3 is 28.5 Å². The van der Waals surface area contributed by atoms with Crippen molar-refractivity contribution in [3.63, 3.8) is 0 Å². The monoisotopic (exact) mass is 594 g/mol. The molecule has 0 bridgehead atoms. The molecule has 0 N–H and O–H groups in total. The first-order valence-electron chi connectivity index (χ1n) is 15.3. The number of aldehydes is 1. The quantitative estimate of drug-likeness (QED) is 0.123. The van der Waals surface area contributed by atoms with Crippen LogP contribution in [0, 0.1) is 5.92 Å². The van der Waals surface area contributed by atoms with Crippen molar-refractivity contribution < 1.29 is 28.5 Å². The minimum absolute atomic E-state index is 0.236. The molecule has 6 heteroatoms. The minimum Gasteiger partial charge on any atom is -0.374 e. The van der Waals surface area contributed by atoms with E-state index in [0.717, 1.165) is 28.5 Å². The fraction of sp³-hybridized carbons (Fsp3) is 0.342. The summed E-state index contributed by atoms with van der Waals surface area (Å²) < 4.78 is 32.9. The molecule has 0 radical (unpaired) electrons. The van der Waals surface area contributed by atoms with Crippen molar-refractivity contribution in [1.29, 1.82) is 0 Å². The molecular weight excluding hydrogens is 552 g/mol. The van der Waals surface area contributed by atoms with Crippen LogP contribution in [0.15, 0.2) is 121 Å². The summed E-state index contributed by atoms with van der Waals surface area (Å²) in [4.78, 5) is 12.0. The van der Waals surface area contributed by atoms with Crippen molar-refractivity contribution >= 4 is 6.29 Å². The third kappa shape index (κ3) is 8.94. The number of benzene rings is 4. The normalized spacial score (nSPS) is 22.1. The summed E-state index contributed by atoms with van der Waals surface area (Å²) in [6.07, 6.45) is -0.0352. The molecule has 1 aliphatic heterocycles. The molecule has 1 saturated heterocycles. The van der Waals surface area contributed by atoms with E-state index in [1.807, 2.05) is 128 Å². The summed E-state index contributed by atoms with van der Waals surface area (Å²) in [5.74, 6) is -0.281. The molecule has 1 fully saturated rings. The molecule has 0 aromatic heterocycles. The summed E-state index contributed by atoms with van der Waals surface area (Å²) >= 11 is 0. The lowest BCUT2D eigenvalue weighted by Gasteiger charge is -2.36. The van der Waals surface area contributed by atoms with E-state index in [4.69, 9.17) is 23.7 Å². The number of ether oxygens (including phenoxy) is 5. The maximum atomic E-state index is 12.0. The van der Waals surface area contributed by atoms with Gasteiger partial charge in [0, 0.05) is 5.92 Å². The topological polar surface area (TPSA) is 63.2 Å². The number of carbonyl (C=O) groups excluding carboxylic acids is 1. The van der Waals surface area contributed by atoms with Gasteiger partial charge in [-0.15, -0.1) is 0 Å². The van der Waals surface area contributed by atoms with E-state index in [9.17, 15) is 4.79 Å². The summed E-state index contributed by atoms with van der Waals surface area (Å²) in [5.41, 5.74) is 3.30. The fourth-order valence-electron chi connectivity index (χ4n) is 5.74. The molecule has 5 atom stereocenters. The van der Waals surface area contributed by atoms with Crippen LogP contribution in [0.5, 0.6) is 0 Å². The highest BCUT2D eigenvalue weighted by atomic mass is 16.6. The van der Waals surface area contributed by atoms with E-state index in [1.54, 1.807) is 0 Å². The Morgan fingerprint density at radius 2 is 1.11 bits per heavy atom. The Hall–Kier alpha value is -3.65. The summed E-state index contributed by atoms with van der Waals surface area (Å²) in [7, 11) is 0. The second-order valence-corrected chi connectivity index (χ2v) is 11.5. The summed E-state index contributed by atoms with van der Waals surface area (Å²) in [6.45, 7) is 4.06. The molecule has 230 valence electrons. The SMILES string of the molecule is C[C@H](C=O)C[C@@]1(COCc2ccccc2)O[C@H](COCc2ccccc2)[C@@H](OCc2ccccc2)[C@@H]1OCc1ccccc1. The van der Waals surface area contributed by atoms with Crippen LogP contribution in [-0.4, -0.2) is 43.4 Å². The van der Waals surface area contributed by atoms with Crippen molar-refractivity contribution in [2.24, 2.45) is 5.92 Å². The van der Waals surface area contributed by atoms with Crippen molar-refractivity contribution in [3.8, 4) is 0 Å². The smallest absolute Gasteiger partial charge is 0.122 e. The second kappa shape index (κ2) is 16.4. The highest BCUT2D eigenvalue weighted by Crippen LogP contribution is 2.41. The standard InChI is InChI=1S/C38H42O6/c1-30(23-39)22-38(29-41-25-32-16-8-3-9-17-32)37(43-27-34-20-12-5-13-21-34)36(42-26-33-18-10-4-11-19-33)35(44-38)28-40-24-31-14-6-2-7-15-31/h2-21,23,30,35-37H,22,24-29H2,1H3/t30-,35+,36+,37-,38-/m0/s1. The lowest BCUT2D eigenvalue weighted by molar-refractivity contribution is -0.163. The van der Waals surface area contributed by atoms with E-state index < -0.39 is 23.9 Å². The van der Waals surface area contributed by atoms with Gasteiger partial charge in [0.2, 0.25) is 0 Å². The van der Waals surface area contributed by atoms with Crippen LogP contribution in [0.3, 0.4) is 0 Å². The van der Waals surface area contributed by atoms with Gasteiger partial charge in [0.1, 0.15) is 30.2 Å². The van der Waals surface area contributed by atoms with Gasteiger partial charge in [0.15, 0.2) is 0 Å². The minimum atomic E-state index is -0.938. The number of rotatable bonds is 17. The molecule has 4 aromatic carbocycles. The highest BCUT2D eigenvalue weighted by molar-refractivity contribution is 5.53. The van der Waals surface area contributed by atoms with Crippen LogP contribution in [-0.2, 0) is 54.9 Å². The van der Waals surface area contributed by atoms with Crippen LogP contribution in [0.25, 0.3) is 0 Å². The van der Waals surface area contributed by atoms with E-state index >= 15 is 0 Å². The molecule has 0 unspecified atom stereocenters. The van der Waals surface area contributed by atoms with E-state index in [-0.39, 0.29) is 12.5 Å². The molecular formula is C38H42O6. The Bertz CT molecular complexity index is 1370. The Kier molecular flexibility index (Phi) is 11.9. The van der Waals surface area contributed by atoms with Crippen LogP contribution < -0.4 is 0 Å². The van der Waals surface area contributed by atoms with Gasteiger partial charge in [-0.1, -0.05) is 128 Å². The Morgan fingerprint density at radius 1 is 0.659 bits per heavy atom. The van der Waals surface area contributed by atoms with E-state index in [2.05, 4.69) is 0 Å². The lowest BCUT2D eigenvalue weighted by atomic mass is 9.86. The molecule has 1 aliphatic rings. The zero-order chi connectivity index (χ0) is 30.5. The second-order valence-electron chi connectivity index (χ2n) is 11.5. The van der Waals surface area contributed by atoms with Crippen molar-refractivity contribution in [2.75, 3.05) is 13.2 Å². The molecule has 6 nitrogen and oxygen atoms in total. The first-order chi connectivity index (χ1) is 21.6. The Morgan fingerprint density at radius 3 is 1.61 bits per heavy atom. The average Bonchev–Trinajstić information content (AvgIpc) is 3.35. The third-order valence-corrected chi connectivity index (χ3v) is 7.88. The van der Waals surface area contributed by atoms with Crippen LogP contribution in [0.2, 0.25) is 0 Å². The zero-order valence-electron chi connectivity index (χ0n) is 25.3. The van der Waals surface area contributed by atoms with Gasteiger partial charge in [-0.3, -0.25) is 0 Å². The first-order valence-corrected chi connectivity index (χ1v) is 15.3. The molecule has 5 rings (SSSR count). The van der Waals surface area contributed by atoms with Gasteiger partial charge in [-0.05, 0) is 28.7 Å². The van der Waals surface area contributed by atoms with Crippen molar-refractivity contribution in [2.45, 2.75) is 63.7 Å². The van der Waals surface area contributed by atoms with Gasteiger partial charge >= 0.3 is 0 Å². The molecule has 4 aromatic rings. The molecule has 0 amide bonds. The van der Waals surface area contributed by atoms with Crippen molar-refractivity contribution in [1.82, 2.24) is 0 Å². The Balaban J connectivity index is 1.43. The van der Waals surface area contributed by atoms with Gasteiger partial charge in [0.05, 0.1) is 39.6 Å². The first kappa shape index (κ1) is 31.8. The van der Waals surface area contributed by atoms with Gasteiger partial charge in [-0.25, -0.2) is 0 Å². The number of hydrogen-bond acceptors (Lipinski definition) is 6. The average molecular weight is 595 g/mol. The van der Waals surface area contributed by atoms with Crippen LogP contribution in [0.4, 0.5) is 0 Å². The predicted octanol–water partition coefficient (Wildman–Crippen LogP) is 6.95. The van der Waals surface area contributed by atoms with Gasteiger partial charge in [0.25, 0.3) is 0 Å². The Labute approximate surface area is 260 Å². The predicted molar refractivity (Wildman–Crippen MR) is 170 cm³/mol. The lowest BCUT2D eigenvalue weighted by Crippen LogP contribution is -2.50. The molecule has 1 heterocycles. The zero-order valence-corrected chi connectivity index (χ0v) is 25.3. The summed E-state index contributed by atoms with van der Waals surface area (Å²) in [6, 6.07) is 40.3. The summed E-state index contributed by atoms with van der Waals surface area (Å²) in [5, 5.41) is 0. The number of carbonyl (C=O) groups is 1. The molecule has 0 spiro atoms. The highest BCUT2D eigenvalue weighted by Gasteiger charge is 2.57. The van der Waals surface area contributed by atoms with E-state index in [0.29, 0.717) is 39.5 Å². The maximum absolute atomic E-state index is 12.0. The van der Waals surface area contributed by atoms with Crippen LogP contribution >= 0.6 is 0 Å². The number of hydrogen-bond donors (Lipinski definition) is 0. The third-order valence-electron chi connectivity index (χ3n) is 7.88. The fourth-order valence-corrected chi connectivity index (χ4v) is 5.74. The van der Waals surface area contributed by atoms with Crippen molar-refractivity contribution in [3.05, 3.63) is 144 Å². The molecule has 0 aliphatic carbocycles. The maximum Gasteiger partial charge on any atom is 0.122 e. The molecule has 0 saturated carbocycles. The van der Waals surface area contributed by atoms with Gasteiger partial charge in [-0.2, -0.15) is 0 Å². The molecule has 44 heavy (non-hydrogen) atoms. The van der Waals surface area contributed by atoms with Crippen LogP contribution in [0.1, 0.15) is 35.6 Å². The largest absolute Gasteiger partial charge is 0.374 e.